The van der Waals surface area contributed by atoms with Crippen LogP contribution in [0.3, 0.4) is 0 Å². The molecule has 1 amide bonds. The number of aromatic nitrogens is 3. The van der Waals surface area contributed by atoms with Crippen LogP contribution in [-0.2, 0) is 16.1 Å². The normalized spacial score (nSPS) is 13.7. The summed E-state index contributed by atoms with van der Waals surface area (Å²) in [6.07, 6.45) is 5.85. The topological polar surface area (TPSA) is 97.1 Å². The number of carbonyl (C=O) groups is 2. The number of carboxylic acids is 1. The molecule has 1 aromatic heterocycles. The second-order valence-corrected chi connectivity index (χ2v) is 5.05. The lowest BCUT2D eigenvalue weighted by Crippen LogP contribution is -2.33. The minimum absolute atomic E-state index is 0.0284. The number of carboxylic acid groups (broad SMARTS) is 1. The fourth-order valence-electron chi connectivity index (χ4n) is 1.84. The van der Waals surface area contributed by atoms with Crippen LogP contribution >= 0.6 is 0 Å². The van der Waals surface area contributed by atoms with Gasteiger partial charge in [-0.15, -0.1) is 5.10 Å². The van der Waals surface area contributed by atoms with Crippen molar-refractivity contribution in [1.82, 2.24) is 20.3 Å². The Balaban J connectivity index is 2.13. The summed E-state index contributed by atoms with van der Waals surface area (Å²) in [6.45, 7) is 4.14. The van der Waals surface area contributed by atoms with Crippen molar-refractivity contribution in [2.45, 2.75) is 52.1 Å². The Bertz CT molecular complexity index is 419. The highest BCUT2D eigenvalue weighted by atomic mass is 16.4. The molecule has 2 atom stereocenters. The van der Waals surface area contributed by atoms with E-state index in [9.17, 15) is 9.59 Å². The quantitative estimate of drug-likeness (QED) is 0.706. The van der Waals surface area contributed by atoms with Crippen LogP contribution in [0, 0.1) is 5.92 Å². The number of amides is 1. The van der Waals surface area contributed by atoms with Gasteiger partial charge < -0.3 is 10.4 Å². The van der Waals surface area contributed by atoms with Gasteiger partial charge in [0.15, 0.2) is 0 Å². The van der Waals surface area contributed by atoms with Gasteiger partial charge in [-0.1, -0.05) is 18.6 Å². The van der Waals surface area contributed by atoms with Crippen molar-refractivity contribution in [3.63, 3.8) is 0 Å². The first-order chi connectivity index (χ1) is 9.49. The third kappa shape index (κ3) is 6.31. The number of rotatable bonds is 9. The average Bonchev–Trinajstić information content (AvgIpc) is 2.89. The maximum absolute atomic E-state index is 11.7. The molecule has 0 spiro atoms. The number of aliphatic carboxylic acids is 1. The van der Waals surface area contributed by atoms with Gasteiger partial charge in [-0.3, -0.25) is 14.3 Å². The van der Waals surface area contributed by atoms with Gasteiger partial charge in [-0.2, -0.15) is 0 Å². The molecule has 0 saturated carbocycles. The molecule has 1 aromatic rings. The Morgan fingerprint density at radius 2 is 2.10 bits per heavy atom. The van der Waals surface area contributed by atoms with Crippen LogP contribution in [0.5, 0.6) is 0 Å². The first-order valence-corrected chi connectivity index (χ1v) is 6.85. The molecule has 0 aliphatic carbocycles. The van der Waals surface area contributed by atoms with Crippen molar-refractivity contribution in [2.24, 2.45) is 5.92 Å². The predicted octanol–water partition coefficient (Wildman–Crippen LogP) is 1.06. The van der Waals surface area contributed by atoms with Gasteiger partial charge in [-0.25, -0.2) is 0 Å². The lowest BCUT2D eigenvalue weighted by Gasteiger charge is -2.14. The first kappa shape index (κ1) is 16.1. The summed E-state index contributed by atoms with van der Waals surface area (Å²) in [5, 5.41) is 19.1. The summed E-state index contributed by atoms with van der Waals surface area (Å²) >= 11 is 0. The molecule has 1 rings (SSSR count). The van der Waals surface area contributed by atoms with Crippen molar-refractivity contribution in [3.8, 4) is 0 Å². The Morgan fingerprint density at radius 3 is 2.70 bits per heavy atom. The van der Waals surface area contributed by atoms with Crippen molar-refractivity contribution < 1.29 is 14.7 Å². The van der Waals surface area contributed by atoms with Crippen molar-refractivity contribution in [1.29, 1.82) is 0 Å². The number of aryl methyl sites for hydroxylation is 1. The van der Waals surface area contributed by atoms with Gasteiger partial charge in [-0.05, 0) is 19.8 Å². The fourth-order valence-corrected chi connectivity index (χ4v) is 1.84. The lowest BCUT2D eigenvalue weighted by molar-refractivity contribution is -0.141. The SMILES string of the molecule is CC(CCCC(C)C(=O)O)NC(=O)CCn1ccnn1. The molecule has 0 bridgehead atoms. The third-order valence-corrected chi connectivity index (χ3v) is 3.14. The molecule has 0 fully saturated rings. The van der Waals surface area contributed by atoms with Gasteiger partial charge in [0.25, 0.3) is 0 Å². The molecule has 2 N–H and O–H groups in total. The summed E-state index contributed by atoms with van der Waals surface area (Å²) in [7, 11) is 0. The van der Waals surface area contributed by atoms with Crippen molar-refractivity contribution in [3.05, 3.63) is 12.4 Å². The molecule has 1 heterocycles. The minimum Gasteiger partial charge on any atom is -0.481 e. The third-order valence-electron chi connectivity index (χ3n) is 3.14. The van der Waals surface area contributed by atoms with Crippen LogP contribution < -0.4 is 5.32 Å². The molecule has 0 aliphatic rings. The Kier molecular flexibility index (Phi) is 6.69. The number of nitrogens with one attached hydrogen (secondary N) is 1. The Hall–Kier alpha value is -1.92. The van der Waals surface area contributed by atoms with Gasteiger partial charge >= 0.3 is 5.97 Å². The summed E-state index contributed by atoms with van der Waals surface area (Å²) in [6, 6.07) is 0.0549. The Morgan fingerprint density at radius 1 is 1.35 bits per heavy atom. The van der Waals surface area contributed by atoms with Gasteiger partial charge in [0, 0.05) is 18.7 Å². The molecule has 0 saturated heterocycles. The molecule has 2 unspecified atom stereocenters. The van der Waals surface area contributed by atoms with E-state index in [4.69, 9.17) is 5.11 Å². The van der Waals surface area contributed by atoms with Gasteiger partial charge in [0.05, 0.1) is 18.7 Å². The highest BCUT2D eigenvalue weighted by molar-refractivity contribution is 5.76. The first-order valence-electron chi connectivity index (χ1n) is 6.85. The van der Waals surface area contributed by atoms with E-state index in [-0.39, 0.29) is 17.9 Å². The maximum atomic E-state index is 11.7. The molecule has 7 heteroatoms. The van der Waals surface area contributed by atoms with Crippen LogP contribution in [0.2, 0.25) is 0 Å². The molecule has 0 radical (unpaired) electrons. The van der Waals surface area contributed by atoms with E-state index in [1.165, 1.54) is 0 Å². The molecular formula is C13H22N4O3. The van der Waals surface area contributed by atoms with Crippen LogP contribution in [0.15, 0.2) is 12.4 Å². The smallest absolute Gasteiger partial charge is 0.306 e. The van der Waals surface area contributed by atoms with E-state index in [2.05, 4.69) is 15.6 Å². The lowest BCUT2D eigenvalue weighted by atomic mass is 10.0. The van der Waals surface area contributed by atoms with Crippen molar-refractivity contribution in [2.75, 3.05) is 0 Å². The second kappa shape index (κ2) is 8.29. The molecule has 0 aromatic carbocycles. The molecule has 112 valence electrons. The minimum atomic E-state index is -0.769. The zero-order chi connectivity index (χ0) is 15.0. The predicted molar refractivity (Wildman–Crippen MR) is 72.9 cm³/mol. The van der Waals surface area contributed by atoms with Gasteiger partial charge in [0.2, 0.25) is 5.91 Å². The van der Waals surface area contributed by atoms with E-state index < -0.39 is 5.97 Å². The zero-order valence-electron chi connectivity index (χ0n) is 12.0. The van der Waals surface area contributed by atoms with E-state index in [1.807, 2.05) is 6.92 Å². The summed E-state index contributed by atoms with van der Waals surface area (Å²) in [5.74, 6) is -1.13. The number of nitrogens with zero attached hydrogens (tertiary/aromatic N) is 3. The zero-order valence-corrected chi connectivity index (χ0v) is 12.0. The standard InChI is InChI=1S/C13H22N4O3/c1-10(13(19)20)4-3-5-11(2)15-12(18)6-8-17-9-7-14-16-17/h7,9-11H,3-6,8H2,1-2H3,(H,15,18)(H,19,20). The van der Waals surface area contributed by atoms with Crippen LogP contribution in [0.1, 0.15) is 39.5 Å². The number of carbonyl (C=O) groups excluding carboxylic acids is 1. The van der Waals surface area contributed by atoms with E-state index in [1.54, 1.807) is 24.0 Å². The number of hydrogen-bond acceptors (Lipinski definition) is 4. The second-order valence-electron chi connectivity index (χ2n) is 5.05. The highest BCUT2D eigenvalue weighted by Gasteiger charge is 2.12. The maximum Gasteiger partial charge on any atom is 0.306 e. The van der Waals surface area contributed by atoms with Crippen LogP contribution in [-0.4, -0.2) is 38.0 Å². The molecule has 20 heavy (non-hydrogen) atoms. The summed E-state index contributed by atoms with van der Waals surface area (Å²) < 4.78 is 1.61. The summed E-state index contributed by atoms with van der Waals surface area (Å²) in [5.41, 5.74) is 0. The number of hydrogen-bond donors (Lipinski definition) is 2. The fraction of sp³-hybridized carbons (Fsp3) is 0.692. The van der Waals surface area contributed by atoms with E-state index in [0.717, 1.165) is 12.8 Å². The summed E-state index contributed by atoms with van der Waals surface area (Å²) in [4.78, 5) is 22.4. The average molecular weight is 282 g/mol. The molecule has 0 aliphatic heterocycles. The van der Waals surface area contributed by atoms with Crippen molar-refractivity contribution >= 4 is 11.9 Å². The van der Waals surface area contributed by atoms with Crippen LogP contribution in [0.4, 0.5) is 0 Å². The Labute approximate surface area is 118 Å². The highest BCUT2D eigenvalue weighted by Crippen LogP contribution is 2.09. The van der Waals surface area contributed by atoms with E-state index >= 15 is 0 Å². The van der Waals surface area contributed by atoms with Gasteiger partial charge in [0.1, 0.15) is 0 Å². The largest absolute Gasteiger partial charge is 0.481 e. The monoisotopic (exact) mass is 282 g/mol. The van der Waals surface area contributed by atoms with E-state index in [0.29, 0.717) is 19.4 Å². The molecular weight excluding hydrogens is 260 g/mol. The van der Waals surface area contributed by atoms with Crippen LogP contribution in [0.25, 0.3) is 0 Å². The molecule has 7 nitrogen and oxygen atoms in total.